The molecule has 1 fully saturated rings. The summed E-state index contributed by atoms with van der Waals surface area (Å²) in [5.74, 6) is 0.535. The minimum Gasteiger partial charge on any atom is -0.378 e. The molecule has 7 heteroatoms. The molecule has 3 rings (SSSR count). The summed E-state index contributed by atoms with van der Waals surface area (Å²) in [6, 6.07) is 8.04. The largest absolute Gasteiger partial charge is 0.378 e. The van der Waals surface area contributed by atoms with Crippen LogP contribution in [0.4, 0.5) is 5.69 Å². The SMILES string of the molecule is CN(C)c1ccc(C=C2N=C(N3CCNCC3)NC2=O)cc1.Cl. The Morgan fingerprint density at radius 1 is 1.17 bits per heavy atom. The van der Waals surface area contributed by atoms with Crippen molar-refractivity contribution in [1.82, 2.24) is 15.5 Å². The lowest BCUT2D eigenvalue weighted by Gasteiger charge is -2.28. The summed E-state index contributed by atoms with van der Waals surface area (Å²) in [7, 11) is 4.00. The highest BCUT2D eigenvalue weighted by molar-refractivity contribution is 6.13. The number of nitrogens with zero attached hydrogens (tertiary/aromatic N) is 3. The number of rotatable bonds is 2. The van der Waals surface area contributed by atoms with Crippen molar-refractivity contribution in [3.63, 3.8) is 0 Å². The molecule has 2 N–H and O–H groups in total. The zero-order valence-electron chi connectivity index (χ0n) is 13.4. The highest BCUT2D eigenvalue weighted by atomic mass is 35.5. The number of carbonyl (C=O) groups excluding carboxylic acids is 1. The van der Waals surface area contributed by atoms with Crippen LogP contribution in [0.25, 0.3) is 6.08 Å². The lowest BCUT2D eigenvalue weighted by atomic mass is 10.1. The standard InChI is InChI=1S/C16H21N5O.ClH/c1-20(2)13-5-3-12(4-6-13)11-14-15(22)19-16(18-14)21-9-7-17-8-10-21;/h3-6,11,17H,7-10H2,1-2H3,(H,18,19,22);1H. The molecule has 23 heavy (non-hydrogen) atoms. The van der Waals surface area contributed by atoms with E-state index in [9.17, 15) is 4.79 Å². The topological polar surface area (TPSA) is 60.0 Å². The van der Waals surface area contributed by atoms with Gasteiger partial charge in [-0.3, -0.25) is 10.1 Å². The molecule has 0 aromatic heterocycles. The molecule has 1 aromatic rings. The fraction of sp³-hybridized carbons (Fsp3) is 0.375. The second-order valence-electron chi connectivity index (χ2n) is 5.64. The summed E-state index contributed by atoms with van der Waals surface area (Å²) in [6.45, 7) is 3.56. The van der Waals surface area contributed by atoms with Crippen molar-refractivity contribution in [3.8, 4) is 0 Å². The number of amides is 1. The predicted molar refractivity (Wildman–Crippen MR) is 96.0 cm³/mol. The average Bonchev–Trinajstić information content (AvgIpc) is 2.90. The van der Waals surface area contributed by atoms with Crippen molar-refractivity contribution in [2.24, 2.45) is 4.99 Å². The van der Waals surface area contributed by atoms with Crippen LogP contribution in [0.1, 0.15) is 5.56 Å². The molecule has 0 radical (unpaired) electrons. The van der Waals surface area contributed by atoms with Gasteiger partial charge in [0.05, 0.1) is 0 Å². The van der Waals surface area contributed by atoms with E-state index in [-0.39, 0.29) is 18.3 Å². The number of hydrogen-bond donors (Lipinski definition) is 2. The summed E-state index contributed by atoms with van der Waals surface area (Å²) in [5.41, 5.74) is 2.57. The van der Waals surface area contributed by atoms with Crippen molar-refractivity contribution in [3.05, 3.63) is 35.5 Å². The fourth-order valence-electron chi connectivity index (χ4n) is 2.51. The Hall–Kier alpha value is -2.05. The lowest BCUT2D eigenvalue weighted by Crippen LogP contribution is -2.50. The molecule has 2 aliphatic rings. The Morgan fingerprint density at radius 3 is 2.43 bits per heavy atom. The molecule has 2 aliphatic heterocycles. The first-order valence-corrected chi connectivity index (χ1v) is 7.48. The second-order valence-corrected chi connectivity index (χ2v) is 5.64. The van der Waals surface area contributed by atoms with Crippen LogP contribution in [-0.2, 0) is 4.79 Å². The molecule has 0 unspecified atom stereocenters. The molecular weight excluding hydrogens is 314 g/mol. The van der Waals surface area contributed by atoms with Crippen LogP contribution in [0.5, 0.6) is 0 Å². The quantitative estimate of drug-likeness (QED) is 0.789. The van der Waals surface area contributed by atoms with E-state index in [2.05, 4.69) is 20.5 Å². The molecule has 1 amide bonds. The third-order valence-corrected chi connectivity index (χ3v) is 3.81. The van der Waals surface area contributed by atoms with Crippen molar-refractivity contribution in [1.29, 1.82) is 0 Å². The number of nitrogens with one attached hydrogen (secondary N) is 2. The van der Waals surface area contributed by atoms with Crippen LogP contribution in [0.15, 0.2) is 35.0 Å². The van der Waals surface area contributed by atoms with Gasteiger partial charge in [-0.1, -0.05) is 12.1 Å². The lowest BCUT2D eigenvalue weighted by molar-refractivity contribution is -0.115. The van der Waals surface area contributed by atoms with Gasteiger partial charge in [0.1, 0.15) is 5.70 Å². The number of benzene rings is 1. The van der Waals surface area contributed by atoms with Crippen LogP contribution in [-0.4, -0.2) is 57.0 Å². The zero-order chi connectivity index (χ0) is 15.5. The first-order valence-electron chi connectivity index (χ1n) is 7.48. The van der Waals surface area contributed by atoms with Gasteiger partial charge in [0, 0.05) is 46.0 Å². The Morgan fingerprint density at radius 2 is 1.83 bits per heavy atom. The predicted octanol–water partition coefficient (Wildman–Crippen LogP) is 0.906. The molecule has 124 valence electrons. The van der Waals surface area contributed by atoms with Gasteiger partial charge in [-0.15, -0.1) is 12.4 Å². The smallest absolute Gasteiger partial charge is 0.276 e. The van der Waals surface area contributed by atoms with Gasteiger partial charge in [0.2, 0.25) is 5.96 Å². The molecule has 1 aromatic carbocycles. The molecule has 0 aliphatic carbocycles. The van der Waals surface area contributed by atoms with Crippen molar-refractivity contribution < 1.29 is 4.79 Å². The van der Waals surface area contributed by atoms with Crippen LogP contribution < -0.4 is 15.5 Å². The maximum Gasteiger partial charge on any atom is 0.276 e. The van der Waals surface area contributed by atoms with Gasteiger partial charge in [0.15, 0.2) is 0 Å². The number of guanidine groups is 1. The Labute approximate surface area is 142 Å². The van der Waals surface area contributed by atoms with Crippen LogP contribution >= 0.6 is 12.4 Å². The van der Waals surface area contributed by atoms with Gasteiger partial charge in [-0.25, -0.2) is 4.99 Å². The Balaban J connectivity index is 0.00000192. The minimum absolute atomic E-state index is 0. The van der Waals surface area contributed by atoms with E-state index in [0.29, 0.717) is 11.7 Å². The normalized spacial score (nSPS) is 19.2. The first kappa shape index (κ1) is 17.3. The molecule has 1 saturated heterocycles. The Bertz CT molecular complexity index is 618. The number of anilines is 1. The third kappa shape index (κ3) is 4.03. The van der Waals surface area contributed by atoms with E-state index in [4.69, 9.17) is 0 Å². The summed E-state index contributed by atoms with van der Waals surface area (Å²) >= 11 is 0. The molecule has 6 nitrogen and oxygen atoms in total. The summed E-state index contributed by atoms with van der Waals surface area (Å²) in [6.07, 6.45) is 1.82. The van der Waals surface area contributed by atoms with Gasteiger partial charge >= 0.3 is 0 Å². The van der Waals surface area contributed by atoms with Gasteiger partial charge in [-0.05, 0) is 23.8 Å². The van der Waals surface area contributed by atoms with Crippen LogP contribution in [0.2, 0.25) is 0 Å². The summed E-state index contributed by atoms with van der Waals surface area (Å²) in [4.78, 5) is 20.7. The number of halogens is 1. The van der Waals surface area contributed by atoms with Crippen molar-refractivity contribution in [2.45, 2.75) is 0 Å². The third-order valence-electron chi connectivity index (χ3n) is 3.81. The highest BCUT2D eigenvalue weighted by Crippen LogP contribution is 2.17. The van der Waals surface area contributed by atoms with E-state index in [1.54, 1.807) is 0 Å². The number of hydrogen-bond acceptors (Lipinski definition) is 5. The molecule has 2 heterocycles. The van der Waals surface area contributed by atoms with Crippen LogP contribution in [0, 0.1) is 0 Å². The van der Waals surface area contributed by atoms with Gasteiger partial charge in [0.25, 0.3) is 5.91 Å². The summed E-state index contributed by atoms with van der Waals surface area (Å²) in [5, 5.41) is 6.14. The molecular formula is C16H22ClN5O. The van der Waals surface area contributed by atoms with E-state index in [1.165, 1.54) is 0 Å². The van der Waals surface area contributed by atoms with Crippen molar-refractivity contribution in [2.75, 3.05) is 45.2 Å². The van der Waals surface area contributed by atoms with E-state index < -0.39 is 0 Å². The van der Waals surface area contributed by atoms with Gasteiger partial charge in [-0.2, -0.15) is 0 Å². The zero-order valence-corrected chi connectivity index (χ0v) is 14.2. The van der Waals surface area contributed by atoms with Crippen molar-refractivity contribution >= 4 is 36.0 Å². The molecule has 0 bridgehead atoms. The summed E-state index contributed by atoms with van der Waals surface area (Å²) < 4.78 is 0. The minimum atomic E-state index is -0.134. The number of aliphatic imine (C=N–C) groups is 1. The van der Waals surface area contributed by atoms with E-state index in [0.717, 1.165) is 37.4 Å². The fourth-order valence-corrected chi connectivity index (χ4v) is 2.51. The maximum atomic E-state index is 12.1. The average molecular weight is 336 g/mol. The first-order chi connectivity index (χ1) is 10.6. The number of piperazine rings is 1. The highest BCUT2D eigenvalue weighted by Gasteiger charge is 2.25. The monoisotopic (exact) mass is 335 g/mol. The Kier molecular flexibility index (Phi) is 5.63. The molecule has 0 spiro atoms. The maximum absolute atomic E-state index is 12.1. The van der Waals surface area contributed by atoms with E-state index >= 15 is 0 Å². The molecule has 0 atom stereocenters. The van der Waals surface area contributed by atoms with E-state index in [1.807, 2.05) is 49.3 Å². The number of carbonyl (C=O) groups is 1. The van der Waals surface area contributed by atoms with Gasteiger partial charge < -0.3 is 15.1 Å². The molecule has 0 saturated carbocycles. The second kappa shape index (κ2) is 7.48. The van der Waals surface area contributed by atoms with Crippen LogP contribution in [0.3, 0.4) is 0 Å².